The second kappa shape index (κ2) is 4.64. The fraction of sp³-hybridized carbons (Fsp3) is 0.143. The molecule has 2 heterocycles. The van der Waals surface area contributed by atoms with Crippen molar-refractivity contribution in [1.29, 1.82) is 0 Å². The summed E-state index contributed by atoms with van der Waals surface area (Å²) in [6.45, 7) is 3.82. The number of nitrogens with two attached hydrogens (primary N) is 1. The van der Waals surface area contributed by atoms with Crippen molar-refractivity contribution in [3.63, 3.8) is 0 Å². The van der Waals surface area contributed by atoms with Crippen molar-refractivity contribution in [3.8, 4) is 5.82 Å². The molecule has 5 nitrogen and oxygen atoms in total. The van der Waals surface area contributed by atoms with Crippen LogP contribution in [0.4, 0.5) is 0 Å². The lowest BCUT2D eigenvalue weighted by molar-refractivity contribution is 0.818. The molecular formula is C14H13N5S. The van der Waals surface area contributed by atoms with Crippen molar-refractivity contribution in [2.45, 2.75) is 13.8 Å². The van der Waals surface area contributed by atoms with Crippen LogP contribution >= 0.6 is 12.2 Å². The second-order valence-corrected chi connectivity index (χ2v) is 5.03. The Balaban J connectivity index is 2.35. The molecular weight excluding hydrogens is 270 g/mol. The van der Waals surface area contributed by atoms with Gasteiger partial charge in [-0.05, 0) is 25.5 Å². The van der Waals surface area contributed by atoms with Gasteiger partial charge in [0, 0.05) is 5.39 Å². The van der Waals surface area contributed by atoms with Crippen molar-refractivity contribution < 1.29 is 0 Å². The molecule has 3 rings (SSSR count). The van der Waals surface area contributed by atoms with E-state index in [-0.39, 0.29) is 0 Å². The van der Waals surface area contributed by atoms with E-state index < -0.39 is 0 Å². The molecule has 1 aromatic carbocycles. The van der Waals surface area contributed by atoms with E-state index in [9.17, 15) is 0 Å². The van der Waals surface area contributed by atoms with E-state index in [1.807, 2.05) is 38.1 Å². The van der Waals surface area contributed by atoms with E-state index in [1.165, 1.54) is 0 Å². The lowest BCUT2D eigenvalue weighted by Gasteiger charge is -2.12. The zero-order chi connectivity index (χ0) is 14.3. The van der Waals surface area contributed by atoms with Crippen LogP contribution in [-0.4, -0.2) is 25.0 Å². The van der Waals surface area contributed by atoms with Crippen LogP contribution in [0.5, 0.6) is 0 Å². The van der Waals surface area contributed by atoms with Crippen molar-refractivity contribution in [2.24, 2.45) is 5.73 Å². The fourth-order valence-electron chi connectivity index (χ4n) is 2.18. The van der Waals surface area contributed by atoms with Gasteiger partial charge < -0.3 is 5.73 Å². The minimum absolute atomic E-state index is 0.301. The van der Waals surface area contributed by atoms with E-state index in [0.717, 1.165) is 27.7 Å². The molecule has 0 aliphatic rings. The first-order valence-electron chi connectivity index (χ1n) is 6.16. The van der Waals surface area contributed by atoms with Gasteiger partial charge >= 0.3 is 0 Å². The fourth-order valence-corrected chi connectivity index (χ4v) is 2.42. The van der Waals surface area contributed by atoms with E-state index in [2.05, 4.69) is 15.3 Å². The summed E-state index contributed by atoms with van der Waals surface area (Å²) in [5.74, 6) is 0.571. The largest absolute Gasteiger partial charge is 0.389 e. The average molecular weight is 283 g/mol. The molecule has 0 fully saturated rings. The maximum absolute atomic E-state index is 5.86. The molecule has 0 saturated heterocycles. The van der Waals surface area contributed by atoms with E-state index in [0.29, 0.717) is 10.8 Å². The Labute approximate surface area is 121 Å². The molecule has 0 aliphatic heterocycles. The highest BCUT2D eigenvalue weighted by molar-refractivity contribution is 7.80. The average Bonchev–Trinajstić information content (AvgIpc) is 2.85. The predicted molar refractivity (Wildman–Crippen MR) is 82.0 cm³/mol. The van der Waals surface area contributed by atoms with Crippen LogP contribution in [-0.2, 0) is 0 Å². The Morgan fingerprint density at radius 3 is 2.70 bits per heavy atom. The number of fused-ring (bicyclic) bond motifs is 1. The number of aromatic nitrogens is 4. The zero-order valence-electron chi connectivity index (χ0n) is 11.2. The van der Waals surface area contributed by atoms with Crippen molar-refractivity contribution in [2.75, 3.05) is 0 Å². The third-order valence-corrected chi connectivity index (χ3v) is 3.56. The number of para-hydroxylation sites is 1. The van der Waals surface area contributed by atoms with Gasteiger partial charge in [0.05, 0.1) is 23.0 Å². The molecule has 0 saturated carbocycles. The molecule has 0 bridgehead atoms. The number of nitrogens with zero attached hydrogens (tertiary/aromatic N) is 4. The van der Waals surface area contributed by atoms with Crippen LogP contribution in [0.25, 0.3) is 16.7 Å². The molecule has 3 aromatic rings. The third kappa shape index (κ3) is 1.85. The van der Waals surface area contributed by atoms with E-state index in [4.69, 9.17) is 18.0 Å². The predicted octanol–water partition coefficient (Wildman–Crippen LogP) is 2.07. The zero-order valence-corrected chi connectivity index (χ0v) is 12.0. The molecule has 0 amide bonds. The molecule has 0 atom stereocenters. The van der Waals surface area contributed by atoms with Gasteiger partial charge in [0.2, 0.25) is 0 Å². The summed E-state index contributed by atoms with van der Waals surface area (Å²) < 4.78 is 1.73. The first-order chi connectivity index (χ1) is 9.59. The number of hydrogen-bond donors (Lipinski definition) is 1. The Bertz CT molecular complexity index is 822. The van der Waals surface area contributed by atoms with Gasteiger partial charge in [-0.15, -0.1) is 5.10 Å². The minimum atomic E-state index is 0.301. The summed E-state index contributed by atoms with van der Waals surface area (Å²) in [4.78, 5) is 0.301. The summed E-state index contributed by atoms with van der Waals surface area (Å²) in [6, 6.07) is 7.89. The van der Waals surface area contributed by atoms with Gasteiger partial charge in [-0.25, -0.2) is 4.68 Å². The third-order valence-electron chi connectivity index (χ3n) is 3.36. The molecule has 6 heteroatoms. The van der Waals surface area contributed by atoms with Crippen molar-refractivity contribution in [3.05, 3.63) is 47.3 Å². The molecule has 2 aromatic heterocycles. The highest BCUT2D eigenvalue weighted by Crippen LogP contribution is 2.21. The van der Waals surface area contributed by atoms with Crippen molar-refractivity contribution in [1.82, 2.24) is 20.0 Å². The molecule has 0 radical (unpaired) electrons. The topological polar surface area (TPSA) is 69.6 Å². The van der Waals surface area contributed by atoms with Gasteiger partial charge in [0.1, 0.15) is 4.99 Å². The maximum atomic E-state index is 5.86. The number of benzene rings is 1. The normalized spacial score (nSPS) is 10.9. The summed E-state index contributed by atoms with van der Waals surface area (Å²) in [6.07, 6.45) is 1.79. The maximum Gasteiger partial charge on any atom is 0.186 e. The van der Waals surface area contributed by atoms with Crippen LogP contribution in [0, 0.1) is 13.8 Å². The highest BCUT2D eigenvalue weighted by Gasteiger charge is 2.17. The van der Waals surface area contributed by atoms with Crippen LogP contribution < -0.4 is 5.73 Å². The molecule has 0 spiro atoms. The molecule has 0 unspecified atom stereocenters. The van der Waals surface area contributed by atoms with Crippen LogP contribution in [0.2, 0.25) is 0 Å². The van der Waals surface area contributed by atoms with Gasteiger partial charge in [-0.2, -0.15) is 10.2 Å². The highest BCUT2D eigenvalue weighted by atomic mass is 32.1. The first-order valence-corrected chi connectivity index (χ1v) is 6.57. The van der Waals surface area contributed by atoms with E-state index in [1.54, 1.807) is 10.9 Å². The summed E-state index contributed by atoms with van der Waals surface area (Å²) in [5, 5.41) is 13.8. The second-order valence-electron chi connectivity index (χ2n) is 4.59. The van der Waals surface area contributed by atoms with Crippen LogP contribution in [0.1, 0.15) is 16.8 Å². The lowest BCUT2D eigenvalue weighted by atomic mass is 10.1. The summed E-state index contributed by atoms with van der Waals surface area (Å²) >= 11 is 5.16. The smallest absolute Gasteiger partial charge is 0.186 e. The molecule has 100 valence electrons. The van der Waals surface area contributed by atoms with Crippen LogP contribution in [0.15, 0.2) is 30.5 Å². The van der Waals surface area contributed by atoms with Crippen LogP contribution in [0.3, 0.4) is 0 Å². The van der Waals surface area contributed by atoms with Gasteiger partial charge in [-0.1, -0.05) is 30.4 Å². The summed E-state index contributed by atoms with van der Waals surface area (Å²) in [5.41, 5.74) is 9.27. The first kappa shape index (κ1) is 12.7. The lowest BCUT2D eigenvalue weighted by Crippen LogP contribution is -2.19. The Morgan fingerprint density at radius 1 is 1.20 bits per heavy atom. The number of rotatable bonds is 2. The number of aryl methyl sites for hydroxylation is 1. The quantitative estimate of drug-likeness (QED) is 0.729. The molecule has 2 N–H and O–H groups in total. The Hall–Kier alpha value is -2.34. The number of thiocarbonyl (C=S) groups is 1. The standard InChI is InChI=1S/C14H13N5S/c1-8-9(2)17-18-14(12(8)13(15)20)19-11-6-4-3-5-10(11)7-16-19/h3-7H,1-2H3,(H2,15,20). The Kier molecular flexibility index (Phi) is 2.94. The number of hydrogen-bond acceptors (Lipinski definition) is 4. The van der Waals surface area contributed by atoms with Gasteiger partial charge in [-0.3, -0.25) is 0 Å². The van der Waals surface area contributed by atoms with Gasteiger partial charge in [0.25, 0.3) is 0 Å². The van der Waals surface area contributed by atoms with E-state index >= 15 is 0 Å². The Morgan fingerprint density at radius 2 is 1.95 bits per heavy atom. The van der Waals surface area contributed by atoms with Crippen molar-refractivity contribution >= 4 is 28.1 Å². The minimum Gasteiger partial charge on any atom is -0.389 e. The molecule has 20 heavy (non-hydrogen) atoms. The van der Waals surface area contributed by atoms with Gasteiger partial charge in [0.15, 0.2) is 5.82 Å². The monoisotopic (exact) mass is 283 g/mol. The SMILES string of the molecule is Cc1nnc(-n2ncc3ccccc32)c(C(N)=S)c1C. The molecule has 0 aliphatic carbocycles. The summed E-state index contributed by atoms with van der Waals surface area (Å²) in [7, 11) is 0.